The highest BCUT2D eigenvalue weighted by atomic mass is 127. The van der Waals surface area contributed by atoms with E-state index in [0.29, 0.717) is 19.1 Å². The van der Waals surface area contributed by atoms with E-state index in [-0.39, 0.29) is 30.5 Å². The van der Waals surface area contributed by atoms with E-state index < -0.39 is 29.0 Å². The number of unbranched alkanes of at least 4 members (excludes halogenated alkanes) is 1. The fourth-order valence-electron chi connectivity index (χ4n) is 1.93. The molecule has 0 aliphatic carbocycles. The van der Waals surface area contributed by atoms with Crippen LogP contribution in [0.2, 0.25) is 0 Å². The average Bonchev–Trinajstić information content (AvgIpc) is 2.64. The van der Waals surface area contributed by atoms with Gasteiger partial charge in [-0.15, -0.1) is 24.0 Å². The maximum atomic E-state index is 13.5. The van der Waals surface area contributed by atoms with Gasteiger partial charge < -0.3 is 20.7 Å². The Hall–Kier alpha value is -1.56. The highest BCUT2D eigenvalue weighted by Crippen LogP contribution is 2.19. The van der Waals surface area contributed by atoms with Crippen LogP contribution in [-0.2, 0) is 9.53 Å². The minimum Gasteiger partial charge on any atom is -0.381 e. The molecule has 0 unspecified atom stereocenters. The molecule has 1 aromatic carbocycles. The summed E-state index contributed by atoms with van der Waals surface area (Å²) >= 11 is 0. The number of aliphatic imine (C=N–C) groups is 1. The number of rotatable bonds is 10. The topological polar surface area (TPSA) is 74.8 Å². The van der Waals surface area contributed by atoms with Crippen LogP contribution < -0.4 is 16.0 Å². The molecule has 10 heteroatoms. The minimum absolute atomic E-state index is 0. The van der Waals surface area contributed by atoms with Crippen molar-refractivity contribution >= 4 is 41.5 Å². The Labute approximate surface area is 174 Å². The van der Waals surface area contributed by atoms with Crippen LogP contribution in [0.5, 0.6) is 0 Å². The maximum Gasteiger partial charge on any atom is 0.243 e. The molecule has 3 N–H and O–H groups in total. The summed E-state index contributed by atoms with van der Waals surface area (Å²) in [5.74, 6) is -4.62. The SMILES string of the molecule is CCCCOCCCNC(=NC)NCC(=O)Nc1ccc(F)c(F)c1F.I. The number of carbonyl (C=O) groups excluding carboxylic acids is 1. The number of amides is 1. The second-order valence-electron chi connectivity index (χ2n) is 5.44. The van der Waals surface area contributed by atoms with Crippen LogP contribution in [0.1, 0.15) is 26.2 Å². The van der Waals surface area contributed by atoms with Crippen molar-refractivity contribution in [1.82, 2.24) is 10.6 Å². The molecule has 6 nitrogen and oxygen atoms in total. The molecule has 0 aromatic heterocycles. The van der Waals surface area contributed by atoms with Gasteiger partial charge in [0, 0.05) is 26.8 Å². The van der Waals surface area contributed by atoms with Crippen LogP contribution in [-0.4, -0.2) is 45.2 Å². The van der Waals surface area contributed by atoms with E-state index in [1.807, 2.05) is 0 Å². The van der Waals surface area contributed by atoms with E-state index in [2.05, 4.69) is 27.9 Å². The van der Waals surface area contributed by atoms with Crippen molar-refractivity contribution in [3.8, 4) is 0 Å². The first-order valence-electron chi connectivity index (χ1n) is 8.45. The van der Waals surface area contributed by atoms with Gasteiger partial charge in [-0.25, -0.2) is 13.2 Å². The lowest BCUT2D eigenvalue weighted by Gasteiger charge is -2.12. The van der Waals surface area contributed by atoms with Gasteiger partial charge in [-0.2, -0.15) is 0 Å². The number of nitrogens with zero attached hydrogens (tertiary/aromatic N) is 1. The molecule has 27 heavy (non-hydrogen) atoms. The molecule has 0 spiro atoms. The standard InChI is InChI=1S/C17H25F3N4O2.HI/c1-3-4-9-26-10-5-8-22-17(21-2)23-11-14(25)24-13-7-6-12(18)15(19)16(13)20;/h6-7H,3-5,8-11H2,1-2H3,(H,24,25)(H2,21,22,23);1H. The summed E-state index contributed by atoms with van der Waals surface area (Å²) in [5, 5.41) is 7.91. The quantitative estimate of drug-likeness (QED) is 0.151. The van der Waals surface area contributed by atoms with Crippen LogP contribution in [0.25, 0.3) is 0 Å². The van der Waals surface area contributed by atoms with Crippen molar-refractivity contribution in [2.75, 3.05) is 38.7 Å². The molecule has 0 saturated heterocycles. The van der Waals surface area contributed by atoms with E-state index in [9.17, 15) is 18.0 Å². The molecule has 0 radical (unpaired) electrons. The predicted molar refractivity (Wildman–Crippen MR) is 110 cm³/mol. The Morgan fingerprint density at radius 2 is 1.81 bits per heavy atom. The highest BCUT2D eigenvalue weighted by molar-refractivity contribution is 14.0. The van der Waals surface area contributed by atoms with Crippen LogP contribution in [0.3, 0.4) is 0 Å². The minimum atomic E-state index is -1.63. The van der Waals surface area contributed by atoms with Gasteiger partial charge in [0.15, 0.2) is 23.4 Å². The smallest absolute Gasteiger partial charge is 0.243 e. The third-order valence-electron chi connectivity index (χ3n) is 3.35. The summed E-state index contributed by atoms with van der Waals surface area (Å²) in [5.41, 5.74) is -0.428. The largest absolute Gasteiger partial charge is 0.381 e. The summed E-state index contributed by atoms with van der Waals surface area (Å²) < 4.78 is 44.9. The molecule has 1 aromatic rings. The molecular formula is C17H26F3IN4O2. The highest BCUT2D eigenvalue weighted by Gasteiger charge is 2.15. The number of hydrogen-bond donors (Lipinski definition) is 3. The molecule has 0 aliphatic heterocycles. The Bertz CT molecular complexity index is 618. The Morgan fingerprint density at radius 3 is 2.48 bits per heavy atom. The van der Waals surface area contributed by atoms with Crippen molar-refractivity contribution < 1.29 is 22.7 Å². The maximum absolute atomic E-state index is 13.5. The second kappa shape index (κ2) is 14.5. The summed E-state index contributed by atoms with van der Waals surface area (Å²) in [6, 6.07) is 1.70. The summed E-state index contributed by atoms with van der Waals surface area (Å²) in [6.45, 7) is 3.85. The normalized spacial score (nSPS) is 10.9. The number of nitrogens with one attached hydrogen (secondary N) is 3. The molecular weight excluding hydrogens is 476 g/mol. The molecule has 0 fully saturated rings. The zero-order valence-corrected chi connectivity index (χ0v) is 17.7. The van der Waals surface area contributed by atoms with Gasteiger partial charge in [-0.1, -0.05) is 13.3 Å². The van der Waals surface area contributed by atoms with Gasteiger partial charge >= 0.3 is 0 Å². The molecule has 0 saturated carbocycles. The lowest BCUT2D eigenvalue weighted by molar-refractivity contribution is -0.115. The first kappa shape index (κ1) is 25.4. The number of benzene rings is 1. The number of hydrogen-bond acceptors (Lipinski definition) is 3. The van der Waals surface area contributed by atoms with Gasteiger partial charge in [-0.3, -0.25) is 9.79 Å². The number of anilines is 1. The van der Waals surface area contributed by atoms with Crippen LogP contribution >= 0.6 is 24.0 Å². The lowest BCUT2D eigenvalue weighted by atomic mass is 10.2. The van der Waals surface area contributed by atoms with E-state index in [0.717, 1.165) is 38.0 Å². The van der Waals surface area contributed by atoms with Crippen LogP contribution in [0, 0.1) is 17.5 Å². The molecule has 0 aliphatic rings. The molecule has 0 atom stereocenters. The van der Waals surface area contributed by atoms with Crippen molar-refractivity contribution in [3.05, 3.63) is 29.6 Å². The molecule has 154 valence electrons. The monoisotopic (exact) mass is 502 g/mol. The number of carbonyl (C=O) groups is 1. The zero-order chi connectivity index (χ0) is 19.4. The first-order valence-corrected chi connectivity index (χ1v) is 8.45. The number of guanidine groups is 1. The molecule has 0 heterocycles. The van der Waals surface area contributed by atoms with E-state index in [1.165, 1.54) is 0 Å². The predicted octanol–water partition coefficient (Wildman–Crippen LogP) is 3.03. The van der Waals surface area contributed by atoms with Gasteiger partial charge in [0.25, 0.3) is 0 Å². The van der Waals surface area contributed by atoms with Crippen molar-refractivity contribution in [2.24, 2.45) is 4.99 Å². The number of ether oxygens (including phenoxy) is 1. The van der Waals surface area contributed by atoms with Gasteiger partial charge in [0.1, 0.15) is 0 Å². The summed E-state index contributed by atoms with van der Waals surface area (Å²) in [7, 11) is 1.54. The fourth-order valence-corrected chi connectivity index (χ4v) is 1.93. The third kappa shape index (κ3) is 9.80. The van der Waals surface area contributed by atoms with E-state index >= 15 is 0 Å². The number of halogens is 4. The van der Waals surface area contributed by atoms with Crippen LogP contribution in [0.4, 0.5) is 18.9 Å². The Morgan fingerprint density at radius 1 is 1.11 bits per heavy atom. The zero-order valence-electron chi connectivity index (χ0n) is 15.4. The summed E-state index contributed by atoms with van der Waals surface area (Å²) in [6.07, 6.45) is 2.90. The van der Waals surface area contributed by atoms with Crippen LogP contribution in [0.15, 0.2) is 17.1 Å². The Balaban J connectivity index is 0.00000676. The van der Waals surface area contributed by atoms with E-state index in [4.69, 9.17) is 4.74 Å². The summed E-state index contributed by atoms with van der Waals surface area (Å²) in [4.78, 5) is 15.7. The average molecular weight is 502 g/mol. The van der Waals surface area contributed by atoms with E-state index in [1.54, 1.807) is 7.05 Å². The Kier molecular flexibility index (Phi) is 13.7. The molecule has 0 bridgehead atoms. The van der Waals surface area contributed by atoms with Gasteiger partial charge in [0.2, 0.25) is 5.91 Å². The molecule has 1 rings (SSSR count). The first-order chi connectivity index (χ1) is 12.5. The van der Waals surface area contributed by atoms with Crippen molar-refractivity contribution in [1.29, 1.82) is 0 Å². The lowest BCUT2D eigenvalue weighted by Crippen LogP contribution is -2.42. The second-order valence-corrected chi connectivity index (χ2v) is 5.44. The van der Waals surface area contributed by atoms with Crippen molar-refractivity contribution in [2.45, 2.75) is 26.2 Å². The third-order valence-corrected chi connectivity index (χ3v) is 3.35. The van der Waals surface area contributed by atoms with Gasteiger partial charge in [-0.05, 0) is 25.0 Å². The fraction of sp³-hybridized carbons (Fsp3) is 0.529. The van der Waals surface area contributed by atoms with Crippen molar-refractivity contribution in [3.63, 3.8) is 0 Å². The molecule has 1 amide bonds. The van der Waals surface area contributed by atoms with Gasteiger partial charge in [0.05, 0.1) is 12.2 Å².